The third kappa shape index (κ3) is 4.34. The zero-order chi connectivity index (χ0) is 18.5. The Kier molecular flexibility index (Phi) is 6.11. The van der Waals surface area contributed by atoms with Crippen LogP contribution in [0.5, 0.6) is 5.75 Å². The van der Waals surface area contributed by atoms with Crippen LogP contribution >= 0.6 is 27.7 Å². The number of benzene rings is 2. The SMILES string of the molecule is COc1ccc(Br)cc1/C=N/N=C1/SCC(=O)N1Cc1ccccc1C. The Labute approximate surface area is 165 Å². The molecule has 0 atom stereocenters. The molecule has 0 radical (unpaired) electrons. The first-order valence-corrected chi connectivity index (χ1v) is 9.78. The average molecular weight is 432 g/mol. The van der Waals surface area contributed by atoms with Crippen molar-refractivity contribution in [3.05, 3.63) is 63.6 Å². The van der Waals surface area contributed by atoms with Crippen molar-refractivity contribution in [1.82, 2.24) is 4.90 Å². The van der Waals surface area contributed by atoms with E-state index >= 15 is 0 Å². The minimum absolute atomic E-state index is 0.0484. The number of thioether (sulfide) groups is 1. The Morgan fingerprint density at radius 3 is 2.88 bits per heavy atom. The van der Waals surface area contributed by atoms with E-state index in [1.165, 1.54) is 11.8 Å². The molecule has 26 heavy (non-hydrogen) atoms. The number of hydrogen-bond donors (Lipinski definition) is 0. The Hall–Kier alpha value is -2.12. The number of halogens is 1. The molecule has 0 N–H and O–H groups in total. The number of hydrogen-bond acceptors (Lipinski definition) is 5. The maximum Gasteiger partial charge on any atom is 0.239 e. The minimum atomic E-state index is 0.0484. The number of carbonyl (C=O) groups is 1. The summed E-state index contributed by atoms with van der Waals surface area (Å²) in [4.78, 5) is 13.9. The first-order valence-electron chi connectivity index (χ1n) is 8.00. The van der Waals surface area contributed by atoms with Crippen molar-refractivity contribution in [2.45, 2.75) is 13.5 Å². The van der Waals surface area contributed by atoms with Gasteiger partial charge in [-0.15, -0.1) is 5.10 Å². The Balaban J connectivity index is 1.80. The van der Waals surface area contributed by atoms with E-state index in [4.69, 9.17) is 4.74 Å². The fourth-order valence-electron chi connectivity index (χ4n) is 2.53. The lowest BCUT2D eigenvalue weighted by Gasteiger charge is -2.16. The summed E-state index contributed by atoms with van der Waals surface area (Å²) in [6.45, 7) is 2.55. The molecule has 1 aliphatic rings. The molecular formula is C19H18BrN3O2S. The summed E-state index contributed by atoms with van der Waals surface area (Å²) in [6, 6.07) is 13.7. The number of amides is 1. The van der Waals surface area contributed by atoms with Gasteiger partial charge in [0.25, 0.3) is 0 Å². The monoisotopic (exact) mass is 431 g/mol. The van der Waals surface area contributed by atoms with Gasteiger partial charge < -0.3 is 4.74 Å². The molecule has 0 aliphatic carbocycles. The van der Waals surface area contributed by atoms with E-state index in [-0.39, 0.29) is 5.91 Å². The highest BCUT2D eigenvalue weighted by Crippen LogP contribution is 2.24. The average Bonchev–Trinajstić information content (AvgIpc) is 2.97. The molecule has 5 nitrogen and oxygen atoms in total. The van der Waals surface area contributed by atoms with Gasteiger partial charge in [-0.3, -0.25) is 9.69 Å². The Bertz CT molecular complexity index is 883. The van der Waals surface area contributed by atoms with E-state index in [9.17, 15) is 4.79 Å². The topological polar surface area (TPSA) is 54.3 Å². The highest BCUT2D eigenvalue weighted by Gasteiger charge is 2.28. The first-order chi connectivity index (χ1) is 12.6. The summed E-state index contributed by atoms with van der Waals surface area (Å²) < 4.78 is 6.25. The van der Waals surface area contributed by atoms with Crippen LogP contribution in [0.4, 0.5) is 0 Å². The molecule has 0 unspecified atom stereocenters. The number of amidine groups is 1. The lowest BCUT2D eigenvalue weighted by Crippen LogP contribution is -2.29. The van der Waals surface area contributed by atoms with E-state index in [1.54, 1.807) is 18.2 Å². The van der Waals surface area contributed by atoms with Gasteiger partial charge in [0.15, 0.2) is 5.17 Å². The maximum atomic E-state index is 12.2. The van der Waals surface area contributed by atoms with Crippen molar-refractivity contribution in [3.8, 4) is 5.75 Å². The summed E-state index contributed by atoms with van der Waals surface area (Å²) in [7, 11) is 1.61. The number of rotatable bonds is 5. The smallest absolute Gasteiger partial charge is 0.239 e. The van der Waals surface area contributed by atoms with E-state index in [1.807, 2.05) is 49.4 Å². The largest absolute Gasteiger partial charge is 0.496 e. The normalized spacial score (nSPS) is 16.0. The molecule has 0 saturated carbocycles. The van der Waals surface area contributed by atoms with E-state index in [2.05, 4.69) is 26.1 Å². The summed E-state index contributed by atoms with van der Waals surface area (Å²) in [5.41, 5.74) is 3.07. The molecule has 0 spiro atoms. The molecule has 0 aromatic heterocycles. The number of carbonyl (C=O) groups excluding carboxylic acids is 1. The van der Waals surface area contributed by atoms with Crippen molar-refractivity contribution >= 4 is 45.0 Å². The standard InChI is InChI=1S/C19H18BrN3O2S/c1-13-5-3-4-6-14(13)11-23-18(24)12-26-19(23)22-21-10-15-9-16(20)7-8-17(15)25-2/h3-10H,11-12H2,1-2H3/b21-10+,22-19+. The Morgan fingerprint density at radius 2 is 2.12 bits per heavy atom. The van der Waals surface area contributed by atoms with Gasteiger partial charge >= 0.3 is 0 Å². The van der Waals surface area contributed by atoms with E-state index < -0.39 is 0 Å². The van der Waals surface area contributed by atoms with Crippen LogP contribution in [0.1, 0.15) is 16.7 Å². The molecule has 1 aliphatic heterocycles. The molecule has 0 bridgehead atoms. The second-order valence-electron chi connectivity index (χ2n) is 5.71. The van der Waals surface area contributed by atoms with Crippen LogP contribution in [0, 0.1) is 6.92 Å². The van der Waals surface area contributed by atoms with Crippen LogP contribution in [0.15, 0.2) is 57.1 Å². The summed E-state index contributed by atoms with van der Waals surface area (Å²) >= 11 is 4.84. The van der Waals surface area contributed by atoms with Crippen molar-refractivity contribution in [2.75, 3.05) is 12.9 Å². The number of nitrogens with zero attached hydrogens (tertiary/aromatic N) is 3. The van der Waals surface area contributed by atoms with Crippen LogP contribution in [0.2, 0.25) is 0 Å². The summed E-state index contributed by atoms with van der Waals surface area (Å²) in [5, 5.41) is 9.05. The minimum Gasteiger partial charge on any atom is -0.496 e. The van der Waals surface area contributed by atoms with Crippen LogP contribution in [0.3, 0.4) is 0 Å². The quantitative estimate of drug-likeness (QED) is 0.525. The van der Waals surface area contributed by atoms with Gasteiger partial charge in [0, 0.05) is 10.0 Å². The Morgan fingerprint density at radius 1 is 1.31 bits per heavy atom. The number of aryl methyl sites for hydroxylation is 1. The van der Waals surface area contributed by atoms with E-state index in [0.29, 0.717) is 23.2 Å². The maximum absolute atomic E-state index is 12.2. The van der Waals surface area contributed by atoms with Crippen LogP contribution in [-0.2, 0) is 11.3 Å². The second kappa shape index (κ2) is 8.51. The van der Waals surface area contributed by atoms with Gasteiger partial charge in [-0.25, -0.2) is 0 Å². The summed E-state index contributed by atoms with van der Waals surface area (Å²) in [5.74, 6) is 1.15. The highest BCUT2D eigenvalue weighted by atomic mass is 79.9. The molecule has 2 aromatic carbocycles. The number of methoxy groups -OCH3 is 1. The molecule has 1 heterocycles. The highest BCUT2D eigenvalue weighted by molar-refractivity contribution is 9.10. The van der Waals surface area contributed by atoms with Gasteiger partial charge in [-0.05, 0) is 36.2 Å². The number of ether oxygens (including phenoxy) is 1. The van der Waals surface area contributed by atoms with E-state index in [0.717, 1.165) is 21.2 Å². The third-order valence-electron chi connectivity index (χ3n) is 3.98. The molecule has 3 rings (SSSR count). The first kappa shape index (κ1) is 18.7. The predicted octanol–water partition coefficient (Wildman–Crippen LogP) is 4.23. The fraction of sp³-hybridized carbons (Fsp3) is 0.211. The molecule has 134 valence electrons. The third-order valence-corrected chi connectivity index (χ3v) is 5.42. The van der Waals surface area contributed by atoms with Crippen LogP contribution in [-0.4, -0.2) is 35.1 Å². The zero-order valence-electron chi connectivity index (χ0n) is 14.5. The molecule has 1 fully saturated rings. The van der Waals surface area contributed by atoms with Crippen LogP contribution in [0.25, 0.3) is 0 Å². The second-order valence-corrected chi connectivity index (χ2v) is 7.57. The van der Waals surface area contributed by atoms with Crippen molar-refractivity contribution in [3.63, 3.8) is 0 Å². The van der Waals surface area contributed by atoms with Gasteiger partial charge in [-0.1, -0.05) is 52.0 Å². The predicted molar refractivity (Wildman–Crippen MR) is 110 cm³/mol. The lowest BCUT2D eigenvalue weighted by molar-refractivity contribution is -0.124. The lowest BCUT2D eigenvalue weighted by atomic mass is 10.1. The van der Waals surface area contributed by atoms with Crippen molar-refractivity contribution < 1.29 is 9.53 Å². The molecular weight excluding hydrogens is 414 g/mol. The molecule has 2 aromatic rings. The summed E-state index contributed by atoms with van der Waals surface area (Å²) in [6.07, 6.45) is 1.63. The van der Waals surface area contributed by atoms with Crippen molar-refractivity contribution in [1.29, 1.82) is 0 Å². The zero-order valence-corrected chi connectivity index (χ0v) is 16.9. The molecule has 1 amide bonds. The van der Waals surface area contributed by atoms with Gasteiger partial charge in [0.05, 0.1) is 25.6 Å². The van der Waals surface area contributed by atoms with Crippen LogP contribution < -0.4 is 4.74 Å². The van der Waals surface area contributed by atoms with Gasteiger partial charge in [-0.2, -0.15) is 5.10 Å². The fourth-order valence-corrected chi connectivity index (χ4v) is 3.75. The van der Waals surface area contributed by atoms with Gasteiger partial charge in [0.2, 0.25) is 5.91 Å². The van der Waals surface area contributed by atoms with Crippen molar-refractivity contribution in [2.24, 2.45) is 10.2 Å². The van der Waals surface area contributed by atoms with Gasteiger partial charge in [0.1, 0.15) is 5.75 Å². The molecule has 7 heteroatoms. The molecule has 1 saturated heterocycles.